The molecule has 0 unspecified atom stereocenters. The molecule has 0 spiro atoms. The Morgan fingerprint density at radius 1 is 1.39 bits per heavy atom. The van der Waals surface area contributed by atoms with Gasteiger partial charge in [-0.15, -0.1) is 0 Å². The molecule has 18 heavy (non-hydrogen) atoms. The number of methoxy groups -OCH3 is 1. The van der Waals surface area contributed by atoms with E-state index in [4.69, 9.17) is 4.74 Å². The molecule has 0 saturated carbocycles. The van der Waals surface area contributed by atoms with E-state index in [-0.39, 0.29) is 5.39 Å². The average Bonchev–Trinajstić information content (AvgIpc) is 2.70. The highest BCUT2D eigenvalue weighted by Gasteiger charge is 2.40. The van der Waals surface area contributed by atoms with Crippen molar-refractivity contribution < 1.29 is 22.7 Å². The third-order valence-corrected chi connectivity index (χ3v) is 3.07. The van der Waals surface area contributed by atoms with Crippen molar-refractivity contribution in [3.63, 3.8) is 0 Å². The Kier molecular flexibility index (Phi) is 3.10. The predicted octanol–water partition coefficient (Wildman–Crippen LogP) is 3.68. The fourth-order valence-electron chi connectivity index (χ4n) is 1.64. The molecule has 0 bridgehead atoms. The van der Waals surface area contributed by atoms with Crippen molar-refractivity contribution >= 4 is 32.6 Å². The normalized spacial score (nSPS) is 11.8. The number of ketones is 1. The standard InChI is InChI=1S/C11H7BrF3NO2/c1-18-5-2-7(12)9-6(4-16-8(9)3-5)10(17)11(13,14)15/h2-4,16H,1H3. The molecule has 0 saturated heterocycles. The van der Waals surface area contributed by atoms with Gasteiger partial charge in [0, 0.05) is 22.1 Å². The number of ether oxygens (including phenoxy) is 1. The van der Waals surface area contributed by atoms with E-state index >= 15 is 0 Å². The first-order valence-electron chi connectivity index (χ1n) is 4.80. The van der Waals surface area contributed by atoms with Crippen LogP contribution in [0.2, 0.25) is 0 Å². The lowest BCUT2D eigenvalue weighted by molar-refractivity contribution is -0.0884. The summed E-state index contributed by atoms with van der Waals surface area (Å²) in [5, 5.41) is 0.193. The SMILES string of the molecule is COc1cc(Br)c2c(C(=O)C(F)(F)F)c[nH]c2c1. The Morgan fingerprint density at radius 2 is 2.06 bits per heavy atom. The maximum absolute atomic E-state index is 12.4. The second kappa shape index (κ2) is 4.31. The summed E-state index contributed by atoms with van der Waals surface area (Å²) < 4.78 is 42.6. The Bertz CT molecular complexity index is 619. The zero-order chi connectivity index (χ0) is 13.5. The minimum atomic E-state index is -4.89. The fourth-order valence-corrected chi connectivity index (χ4v) is 2.29. The van der Waals surface area contributed by atoms with E-state index < -0.39 is 17.5 Å². The van der Waals surface area contributed by atoms with Gasteiger partial charge in [-0.05, 0) is 22.0 Å². The molecule has 2 rings (SSSR count). The lowest BCUT2D eigenvalue weighted by atomic mass is 10.1. The number of alkyl halides is 3. The first-order chi connectivity index (χ1) is 8.34. The molecule has 0 aliphatic carbocycles. The van der Waals surface area contributed by atoms with Crippen LogP contribution in [0, 0.1) is 0 Å². The molecule has 0 atom stereocenters. The number of rotatable bonds is 2. The lowest BCUT2D eigenvalue weighted by Gasteiger charge is -2.06. The van der Waals surface area contributed by atoms with Gasteiger partial charge in [0.2, 0.25) is 0 Å². The molecule has 0 radical (unpaired) electrons. The van der Waals surface area contributed by atoms with Gasteiger partial charge in [-0.25, -0.2) is 0 Å². The summed E-state index contributed by atoms with van der Waals surface area (Å²) in [4.78, 5) is 13.9. The summed E-state index contributed by atoms with van der Waals surface area (Å²) in [5.74, 6) is -1.40. The number of Topliss-reactive ketones (excluding diaryl/α,β-unsaturated/α-hetero) is 1. The topological polar surface area (TPSA) is 42.1 Å². The van der Waals surface area contributed by atoms with Gasteiger partial charge in [-0.2, -0.15) is 13.2 Å². The molecule has 0 fully saturated rings. The number of carbonyl (C=O) groups excluding carboxylic acids is 1. The molecule has 7 heteroatoms. The summed E-state index contributed by atoms with van der Waals surface area (Å²) in [6.07, 6.45) is -3.85. The van der Waals surface area contributed by atoms with E-state index in [0.29, 0.717) is 15.7 Å². The van der Waals surface area contributed by atoms with Crippen LogP contribution in [-0.2, 0) is 0 Å². The summed E-state index contributed by atoms with van der Waals surface area (Å²) in [6, 6.07) is 3.02. The summed E-state index contributed by atoms with van der Waals surface area (Å²) in [7, 11) is 1.44. The zero-order valence-electron chi connectivity index (χ0n) is 9.06. The van der Waals surface area contributed by atoms with E-state index in [2.05, 4.69) is 20.9 Å². The van der Waals surface area contributed by atoms with Crippen LogP contribution in [0.4, 0.5) is 13.2 Å². The Hall–Kier alpha value is -1.50. The number of carbonyl (C=O) groups is 1. The number of halogens is 4. The van der Waals surface area contributed by atoms with E-state index in [1.807, 2.05) is 0 Å². The second-order valence-electron chi connectivity index (χ2n) is 3.56. The van der Waals surface area contributed by atoms with E-state index in [1.54, 1.807) is 0 Å². The van der Waals surface area contributed by atoms with Gasteiger partial charge in [0.1, 0.15) is 5.75 Å². The number of hydrogen-bond acceptors (Lipinski definition) is 2. The molecule has 0 amide bonds. The maximum atomic E-state index is 12.4. The van der Waals surface area contributed by atoms with Crippen LogP contribution in [0.25, 0.3) is 10.9 Å². The van der Waals surface area contributed by atoms with E-state index in [1.165, 1.54) is 19.2 Å². The Morgan fingerprint density at radius 3 is 2.61 bits per heavy atom. The third kappa shape index (κ3) is 2.10. The van der Waals surface area contributed by atoms with Gasteiger partial charge in [-0.1, -0.05) is 0 Å². The van der Waals surface area contributed by atoms with Gasteiger partial charge in [0.25, 0.3) is 5.78 Å². The van der Waals surface area contributed by atoms with Crippen LogP contribution >= 0.6 is 15.9 Å². The lowest BCUT2D eigenvalue weighted by Crippen LogP contribution is -2.22. The molecule has 1 aromatic carbocycles. The average molecular weight is 322 g/mol. The van der Waals surface area contributed by atoms with Crippen molar-refractivity contribution in [2.24, 2.45) is 0 Å². The van der Waals surface area contributed by atoms with Gasteiger partial charge in [0.15, 0.2) is 0 Å². The summed E-state index contributed by atoms with van der Waals surface area (Å²) >= 11 is 3.13. The molecular formula is C11H7BrF3NO2. The molecule has 0 aliphatic rings. The van der Waals surface area contributed by atoms with Gasteiger partial charge in [-0.3, -0.25) is 4.79 Å². The molecule has 96 valence electrons. The minimum absolute atomic E-state index is 0.193. The highest BCUT2D eigenvalue weighted by atomic mass is 79.9. The number of nitrogens with one attached hydrogen (secondary N) is 1. The van der Waals surface area contributed by atoms with Crippen molar-refractivity contribution in [3.8, 4) is 5.75 Å². The molecular weight excluding hydrogens is 315 g/mol. The van der Waals surface area contributed by atoms with Crippen molar-refractivity contribution in [2.45, 2.75) is 6.18 Å². The fraction of sp³-hybridized carbons (Fsp3) is 0.182. The number of aromatic amines is 1. The number of H-pyrrole nitrogens is 1. The maximum Gasteiger partial charge on any atom is 0.454 e. The zero-order valence-corrected chi connectivity index (χ0v) is 10.6. The van der Waals surface area contributed by atoms with Crippen molar-refractivity contribution in [3.05, 3.63) is 28.4 Å². The molecule has 1 heterocycles. The quantitative estimate of drug-likeness (QED) is 0.857. The number of hydrogen-bond donors (Lipinski definition) is 1. The Balaban J connectivity index is 2.65. The molecule has 3 nitrogen and oxygen atoms in total. The third-order valence-electron chi connectivity index (χ3n) is 2.44. The first-order valence-corrected chi connectivity index (χ1v) is 5.60. The van der Waals surface area contributed by atoms with Gasteiger partial charge >= 0.3 is 6.18 Å². The first kappa shape index (κ1) is 12.9. The van der Waals surface area contributed by atoms with Gasteiger partial charge in [0.05, 0.1) is 18.2 Å². The largest absolute Gasteiger partial charge is 0.497 e. The van der Waals surface area contributed by atoms with Crippen LogP contribution in [0.15, 0.2) is 22.8 Å². The number of benzene rings is 1. The second-order valence-corrected chi connectivity index (χ2v) is 4.42. The van der Waals surface area contributed by atoms with Gasteiger partial charge < -0.3 is 9.72 Å². The molecule has 2 aromatic rings. The van der Waals surface area contributed by atoms with Crippen LogP contribution in [-0.4, -0.2) is 24.1 Å². The van der Waals surface area contributed by atoms with Crippen LogP contribution < -0.4 is 4.74 Å². The van der Waals surface area contributed by atoms with E-state index in [0.717, 1.165) is 6.20 Å². The number of fused-ring (bicyclic) bond motifs is 1. The smallest absolute Gasteiger partial charge is 0.454 e. The van der Waals surface area contributed by atoms with Crippen molar-refractivity contribution in [2.75, 3.05) is 7.11 Å². The molecule has 0 aliphatic heterocycles. The van der Waals surface area contributed by atoms with Crippen LogP contribution in [0.1, 0.15) is 10.4 Å². The summed E-state index contributed by atoms with van der Waals surface area (Å²) in [5.41, 5.74) is -0.0131. The van der Waals surface area contributed by atoms with E-state index in [9.17, 15) is 18.0 Å². The minimum Gasteiger partial charge on any atom is -0.497 e. The Labute approximate surface area is 108 Å². The number of aromatic nitrogens is 1. The highest BCUT2D eigenvalue weighted by Crippen LogP contribution is 2.34. The molecule has 1 N–H and O–H groups in total. The predicted molar refractivity (Wildman–Crippen MR) is 62.9 cm³/mol. The van der Waals surface area contributed by atoms with Crippen LogP contribution in [0.5, 0.6) is 5.75 Å². The van der Waals surface area contributed by atoms with Crippen molar-refractivity contribution in [1.82, 2.24) is 4.98 Å². The molecule has 1 aromatic heterocycles. The van der Waals surface area contributed by atoms with Crippen LogP contribution in [0.3, 0.4) is 0 Å². The monoisotopic (exact) mass is 321 g/mol. The highest BCUT2D eigenvalue weighted by molar-refractivity contribution is 9.10. The van der Waals surface area contributed by atoms with Crippen molar-refractivity contribution in [1.29, 1.82) is 0 Å². The summed E-state index contributed by atoms with van der Waals surface area (Å²) in [6.45, 7) is 0.